The van der Waals surface area contributed by atoms with Gasteiger partial charge in [-0.15, -0.1) is 12.4 Å². The number of nitrogens with two attached hydrogens (primary N) is 1. The fourth-order valence-corrected chi connectivity index (χ4v) is 4.45. The SMILES string of the molecule is CCN(CC)S(=O)(=O)c1ccc(C(=O)N2CCCC2CN)cc1.Cl. The maximum absolute atomic E-state index is 12.5. The molecule has 1 aliphatic heterocycles. The van der Waals surface area contributed by atoms with Crippen molar-refractivity contribution >= 4 is 28.3 Å². The van der Waals surface area contributed by atoms with E-state index in [0.717, 1.165) is 12.8 Å². The average molecular weight is 376 g/mol. The van der Waals surface area contributed by atoms with Crippen molar-refractivity contribution in [3.05, 3.63) is 29.8 Å². The highest BCUT2D eigenvalue weighted by molar-refractivity contribution is 7.89. The Morgan fingerprint density at radius 1 is 1.25 bits per heavy atom. The number of likely N-dealkylation sites (tertiary alicyclic amines) is 1. The Kier molecular flexibility index (Phi) is 7.66. The van der Waals surface area contributed by atoms with E-state index < -0.39 is 10.0 Å². The minimum Gasteiger partial charge on any atom is -0.334 e. The van der Waals surface area contributed by atoms with Gasteiger partial charge in [-0.25, -0.2) is 8.42 Å². The maximum atomic E-state index is 12.5. The highest BCUT2D eigenvalue weighted by atomic mass is 35.5. The van der Waals surface area contributed by atoms with Gasteiger partial charge in [0, 0.05) is 37.8 Å². The second kappa shape index (κ2) is 8.80. The maximum Gasteiger partial charge on any atom is 0.254 e. The molecule has 0 spiro atoms. The molecule has 1 heterocycles. The van der Waals surface area contributed by atoms with E-state index >= 15 is 0 Å². The molecule has 0 aromatic heterocycles. The lowest BCUT2D eigenvalue weighted by atomic mass is 10.1. The van der Waals surface area contributed by atoms with Crippen LogP contribution in [0.1, 0.15) is 37.0 Å². The predicted octanol–water partition coefficient (Wildman–Crippen LogP) is 1.70. The predicted molar refractivity (Wildman–Crippen MR) is 96.9 cm³/mol. The molecule has 8 heteroatoms. The highest BCUT2D eigenvalue weighted by Crippen LogP contribution is 2.21. The molecule has 0 radical (unpaired) electrons. The van der Waals surface area contributed by atoms with Crippen LogP contribution in [-0.2, 0) is 10.0 Å². The van der Waals surface area contributed by atoms with Crippen molar-refractivity contribution in [2.75, 3.05) is 26.2 Å². The Balaban J connectivity index is 0.00000288. The number of amides is 1. The Morgan fingerprint density at radius 3 is 2.33 bits per heavy atom. The van der Waals surface area contributed by atoms with Gasteiger partial charge in [0.2, 0.25) is 10.0 Å². The monoisotopic (exact) mass is 375 g/mol. The number of halogens is 1. The van der Waals surface area contributed by atoms with Crippen molar-refractivity contribution in [3.8, 4) is 0 Å². The molecular formula is C16H26ClN3O3S. The standard InChI is InChI=1S/C16H25N3O3S.ClH/c1-3-18(4-2)23(21,22)15-9-7-13(8-10-15)16(20)19-11-5-6-14(19)12-17;/h7-10,14H,3-6,11-12,17H2,1-2H3;1H. The number of hydrogen-bond acceptors (Lipinski definition) is 4. The van der Waals surface area contributed by atoms with Crippen molar-refractivity contribution < 1.29 is 13.2 Å². The zero-order chi connectivity index (χ0) is 17.0. The van der Waals surface area contributed by atoms with E-state index in [1.54, 1.807) is 30.9 Å². The van der Waals surface area contributed by atoms with Gasteiger partial charge in [-0.2, -0.15) is 4.31 Å². The molecule has 1 unspecified atom stereocenters. The van der Waals surface area contributed by atoms with E-state index in [9.17, 15) is 13.2 Å². The first kappa shape index (κ1) is 20.9. The first-order valence-corrected chi connectivity index (χ1v) is 9.51. The molecule has 1 saturated heterocycles. The van der Waals surface area contributed by atoms with Crippen LogP contribution in [0.4, 0.5) is 0 Å². The summed E-state index contributed by atoms with van der Waals surface area (Å²) in [5, 5.41) is 0. The molecule has 2 N–H and O–H groups in total. The van der Waals surface area contributed by atoms with E-state index in [1.165, 1.54) is 16.4 Å². The van der Waals surface area contributed by atoms with Crippen molar-refractivity contribution in [1.29, 1.82) is 0 Å². The van der Waals surface area contributed by atoms with Gasteiger partial charge < -0.3 is 10.6 Å². The van der Waals surface area contributed by atoms with Crippen LogP contribution in [0.15, 0.2) is 29.2 Å². The molecule has 0 aliphatic carbocycles. The summed E-state index contributed by atoms with van der Waals surface area (Å²) in [7, 11) is -3.49. The minimum absolute atomic E-state index is 0. The van der Waals surface area contributed by atoms with Gasteiger partial charge in [-0.1, -0.05) is 13.8 Å². The van der Waals surface area contributed by atoms with E-state index in [4.69, 9.17) is 5.73 Å². The first-order chi connectivity index (χ1) is 11.0. The second-order valence-corrected chi connectivity index (χ2v) is 7.58. The summed E-state index contributed by atoms with van der Waals surface area (Å²) in [4.78, 5) is 14.5. The summed E-state index contributed by atoms with van der Waals surface area (Å²) in [6.45, 7) is 5.62. The van der Waals surface area contributed by atoms with Crippen LogP contribution in [0.25, 0.3) is 0 Å². The number of carbonyl (C=O) groups is 1. The van der Waals surface area contributed by atoms with Crippen LogP contribution in [0, 0.1) is 0 Å². The van der Waals surface area contributed by atoms with Crippen LogP contribution < -0.4 is 5.73 Å². The lowest BCUT2D eigenvalue weighted by Gasteiger charge is -2.23. The van der Waals surface area contributed by atoms with Gasteiger partial charge in [-0.05, 0) is 37.1 Å². The summed E-state index contributed by atoms with van der Waals surface area (Å²) in [6.07, 6.45) is 1.89. The largest absolute Gasteiger partial charge is 0.334 e. The summed E-state index contributed by atoms with van der Waals surface area (Å²) in [6, 6.07) is 6.28. The van der Waals surface area contributed by atoms with Crippen molar-refractivity contribution in [2.45, 2.75) is 37.6 Å². The van der Waals surface area contributed by atoms with Crippen molar-refractivity contribution in [2.24, 2.45) is 5.73 Å². The molecule has 1 aliphatic rings. The van der Waals surface area contributed by atoms with Crippen LogP contribution in [-0.4, -0.2) is 55.8 Å². The number of carbonyl (C=O) groups excluding carboxylic acids is 1. The quantitative estimate of drug-likeness (QED) is 0.820. The number of hydrogen-bond donors (Lipinski definition) is 1. The van der Waals surface area contributed by atoms with Crippen molar-refractivity contribution in [1.82, 2.24) is 9.21 Å². The summed E-state index contributed by atoms with van der Waals surface area (Å²) < 4.78 is 26.3. The zero-order valence-electron chi connectivity index (χ0n) is 14.1. The lowest BCUT2D eigenvalue weighted by Crippen LogP contribution is -2.39. The smallest absolute Gasteiger partial charge is 0.254 e. The average Bonchev–Trinajstić information content (AvgIpc) is 3.03. The Bertz CT molecular complexity index is 645. The molecule has 1 aromatic rings. The summed E-state index contributed by atoms with van der Waals surface area (Å²) in [5.41, 5.74) is 6.21. The van der Waals surface area contributed by atoms with Crippen LogP contribution >= 0.6 is 12.4 Å². The molecule has 2 rings (SSSR count). The Hall–Kier alpha value is -1.15. The number of nitrogens with zero attached hydrogens (tertiary/aromatic N) is 2. The van der Waals surface area contributed by atoms with Crippen LogP contribution in [0.3, 0.4) is 0 Å². The molecule has 1 atom stereocenters. The molecule has 0 saturated carbocycles. The van der Waals surface area contributed by atoms with E-state index in [-0.39, 0.29) is 29.3 Å². The molecule has 1 aromatic carbocycles. The third-order valence-corrected chi connectivity index (χ3v) is 6.42. The molecule has 1 amide bonds. The summed E-state index contributed by atoms with van der Waals surface area (Å²) in [5.74, 6) is -0.0789. The lowest BCUT2D eigenvalue weighted by molar-refractivity contribution is 0.0741. The Labute approximate surface area is 150 Å². The fraction of sp³-hybridized carbons (Fsp3) is 0.562. The number of rotatable bonds is 6. The van der Waals surface area contributed by atoms with Gasteiger partial charge in [0.05, 0.1) is 4.90 Å². The van der Waals surface area contributed by atoms with Gasteiger partial charge in [0.1, 0.15) is 0 Å². The zero-order valence-corrected chi connectivity index (χ0v) is 15.8. The van der Waals surface area contributed by atoms with Crippen LogP contribution in [0.2, 0.25) is 0 Å². The van der Waals surface area contributed by atoms with E-state index in [0.29, 0.717) is 31.7 Å². The highest BCUT2D eigenvalue weighted by Gasteiger charge is 2.28. The second-order valence-electron chi connectivity index (χ2n) is 5.64. The first-order valence-electron chi connectivity index (χ1n) is 8.06. The summed E-state index contributed by atoms with van der Waals surface area (Å²) >= 11 is 0. The molecule has 1 fully saturated rings. The van der Waals surface area contributed by atoms with E-state index in [1.807, 2.05) is 0 Å². The Morgan fingerprint density at radius 2 is 1.83 bits per heavy atom. The van der Waals surface area contributed by atoms with Gasteiger partial charge in [0.15, 0.2) is 0 Å². The molecule has 24 heavy (non-hydrogen) atoms. The molecular weight excluding hydrogens is 350 g/mol. The van der Waals surface area contributed by atoms with Crippen LogP contribution in [0.5, 0.6) is 0 Å². The van der Waals surface area contributed by atoms with E-state index in [2.05, 4.69) is 0 Å². The van der Waals surface area contributed by atoms with Crippen molar-refractivity contribution in [3.63, 3.8) is 0 Å². The number of benzene rings is 1. The minimum atomic E-state index is -3.49. The number of sulfonamides is 1. The van der Waals surface area contributed by atoms with Gasteiger partial charge in [0.25, 0.3) is 5.91 Å². The van der Waals surface area contributed by atoms with Gasteiger partial charge >= 0.3 is 0 Å². The fourth-order valence-electron chi connectivity index (χ4n) is 3.00. The topological polar surface area (TPSA) is 83.7 Å². The van der Waals surface area contributed by atoms with Gasteiger partial charge in [-0.3, -0.25) is 4.79 Å². The molecule has 136 valence electrons. The molecule has 6 nitrogen and oxygen atoms in total. The third-order valence-electron chi connectivity index (χ3n) is 4.35. The normalized spacial score (nSPS) is 17.8. The molecule has 0 bridgehead atoms. The third kappa shape index (κ3) is 4.08.